The van der Waals surface area contributed by atoms with Crippen molar-refractivity contribution >= 4 is 23.5 Å². The number of amides is 1. The summed E-state index contributed by atoms with van der Waals surface area (Å²) in [5.74, 6) is -0.354. The van der Waals surface area contributed by atoms with E-state index in [0.29, 0.717) is 23.8 Å². The molecule has 0 saturated carbocycles. The molecule has 2 heterocycles. The minimum Gasteiger partial charge on any atom is -0.454 e. The number of ether oxygens (including phenoxy) is 1. The summed E-state index contributed by atoms with van der Waals surface area (Å²) in [7, 11) is 0. The third-order valence-electron chi connectivity index (χ3n) is 5.98. The summed E-state index contributed by atoms with van der Waals surface area (Å²) in [6.45, 7) is 2.08. The third kappa shape index (κ3) is 6.61. The number of benzene rings is 2. The zero-order valence-corrected chi connectivity index (χ0v) is 21.6. The number of primary amides is 1. The standard InChI is InChI=1S/C26H29ClN8O3/c1-2-3-9-22-30-23(24(27)31-22)20(38-26(37)19(28)14-21(29)36)13-15-10-11-17(16-7-5-4-6-8-16)18(12-15)25-32-34-35-33-25/h4-8,10-12,19-20H,2-3,9,13-14,28H2,1H3,(H2,29,36)(H,30,31)(H,32,33,34,35)/t19-,20-/m1/s1. The highest BCUT2D eigenvalue weighted by molar-refractivity contribution is 6.30. The van der Waals surface area contributed by atoms with E-state index >= 15 is 0 Å². The van der Waals surface area contributed by atoms with Crippen LogP contribution >= 0.6 is 11.6 Å². The van der Waals surface area contributed by atoms with E-state index in [1.807, 2.05) is 48.5 Å². The molecule has 0 aliphatic rings. The fourth-order valence-electron chi connectivity index (χ4n) is 4.08. The molecule has 0 bridgehead atoms. The number of carbonyl (C=O) groups excluding carboxylic acids is 2. The maximum Gasteiger partial charge on any atom is 0.324 e. The fraction of sp³-hybridized carbons (Fsp3) is 0.308. The lowest BCUT2D eigenvalue weighted by molar-refractivity contribution is -0.152. The Hall–Kier alpha value is -4.09. The number of rotatable bonds is 12. The summed E-state index contributed by atoms with van der Waals surface area (Å²) in [6.07, 6.45) is 1.66. The second-order valence-corrected chi connectivity index (χ2v) is 9.24. The molecule has 4 rings (SSSR count). The number of aromatic amines is 2. The Morgan fingerprint density at radius 2 is 1.92 bits per heavy atom. The molecule has 0 aliphatic heterocycles. The zero-order chi connectivity index (χ0) is 27.1. The van der Waals surface area contributed by atoms with Gasteiger partial charge in [0, 0.05) is 18.4 Å². The molecule has 11 nitrogen and oxygen atoms in total. The van der Waals surface area contributed by atoms with Gasteiger partial charge >= 0.3 is 5.97 Å². The number of nitrogens with two attached hydrogens (primary N) is 2. The van der Waals surface area contributed by atoms with Gasteiger partial charge in [0.05, 0.1) is 12.1 Å². The van der Waals surface area contributed by atoms with Crippen LogP contribution in [0.25, 0.3) is 22.5 Å². The molecule has 2 atom stereocenters. The minimum atomic E-state index is -1.20. The lowest BCUT2D eigenvalue weighted by Gasteiger charge is -2.20. The molecule has 0 radical (unpaired) electrons. The molecule has 12 heteroatoms. The van der Waals surface area contributed by atoms with Crippen LogP contribution in [0.2, 0.25) is 5.15 Å². The number of hydrogen-bond acceptors (Lipinski definition) is 8. The largest absolute Gasteiger partial charge is 0.454 e. The van der Waals surface area contributed by atoms with E-state index in [0.717, 1.165) is 35.1 Å². The van der Waals surface area contributed by atoms with Gasteiger partial charge in [-0.2, -0.15) is 5.21 Å². The van der Waals surface area contributed by atoms with E-state index in [4.69, 9.17) is 27.8 Å². The topological polar surface area (TPSA) is 179 Å². The summed E-state index contributed by atoms with van der Waals surface area (Å²) in [5, 5.41) is 14.7. The van der Waals surface area contributed by atoms with Gasteiger partial charge in [-0.1, -0.05) is 67.4 Å². The Morgan fingerprint density at radius 1 is 1.13 bits per heavy atom. The number of tetrazole rings is 1. The van der Waals surface area contributed by atoms with Crippen LogP contribution in [0.15, 0.2) is 48.5 Å². The van der Waals surface area contributed by atoms with Crippen LogP contribution in [0.3, 0.4) is 0 Å². The predicted molar refractivity (Wildman–Crippen MR) is 142 cm³/mol. The summed E-state index contributed by atoms with van der Waals surface area (Å²) < 4.78 is 5.77. The number of aromatic nitrogens is 6. The van der Waals surface area contributed by atoms with Crippen molar-refractivity contribution < 1.29 is 14.3 Å². The Kier molecular flexibility index (Phi) is 8.82. The number of unbranched alkanes of at least 4 members (excludes halogenated alkanes) is 1. The smallest absolute Gasteiger partial charge is 0.324 e. The van der Waals surface area contributed by atoms with Crippen LogP contribution in [0.1, 0.15) is 49.4 Å². The van der Waals surface area contributed by atoms with Crippen LogP contribution in [0.5, 0.6) is 0 Å². The summed E-state index contributed by atoms with van der Waals surface area (Å²) in [5.41, 5.74) is 15.0. The van der Waals surface area contributed by atoms with Gasteiger partial charge in [0.1, 0.15) is 18.0 Å². The molecule has 0 unspecified atom stereocenters. The first kappa shape index (κ1) is 27.0. The second kappa shape index (κ2) is 12.4. The van der Waals surface area contributed by atoms with E-state index in [1.165, 1.54) is 0 Å². The minimum absolute atomic E-state index is 0.205. The number of esters is 1. The van der Waals surface area contributed by atoms with Crippen molar-refractivity contribution in [2.75, 3.05) is 0 Å². The first-order valence-corrected chi connectivity index (χ1v) is 12.6. The van der Waals surface area contributed by atoms with Crippen LogP contribution in [0.4, 0.5) is 0 Å². The molecule has 0 fully saturated rings. The summed E-state index contributed by atoms with van der Waals surface area (Å²) in [4.78, 5) is 31.7. The maximum atomic E-state index is 12.8. The molecule has 6 N–H and O–H groups in total. The number of hydrogen-bond donors (Lipinski definition) is 4. The molecular formula is C26H29ClN8O3. The van der Waals surface area contributed by atoms with Crippen molar-refractivity contribution in [3.8, 4) is 22.5 Å². The van der Waals surface area contributed by atoms with E-state index in [1.54, 1.807) is 0 Å². The SMILES string of the molecule is CCCCc1nc(Cl)c([C@@H](Cc2ccc(-c3ccccc3)c(-c3nn[nH]n3)c2)OC(=O)[C@H](N)CC(N)=O)[nH]1. The molecule has 0 aliphatic carbocycles. The van der Waals surface area contributed by atoms with Crippen LogP contribution in [0, 0.1) is 0 Å². The van der Waals surface area contributed by atoms with Gasteiger partial charge in [-0.05, 0) is 34.4 Å². The number of aryl methyl sites for hydroxylation is 1. The van der Waals surface area contributed by atoms with Gasteiger partial charge in [-0.15, -0.1) is 10.2 Å². The highest BCUT2D eigenvalue weighted by atomic mass is 35.5. The van der Waals surface area contributed by atoms with Crippen molar-refractivity contribution in [2.45, 2.75) is 51.2 Å². The van der Waals surface area contributed by atoms with Crippen molar-refractivity contribution in [3.63, 3.8) is 0 Å². The Balaban J connectivity index is 1.69. The number of carbonyl (C=O) groups is 2. The third-order valence-corrected chi connectivity index (χ3v) is 6.27. The first-order valence-electron chi connectivity index (χ1n) is 12.3. The number of nitrogens with one attached hydrogen (secondary N) is 2. The molecule has 0 spiro atoms. The van der Waals surface area contributed by atoms with Crippen molar-refractivity contribution in [3.05, 3.63) is 70.8 Å². The Bertz CT molecular complexity index is 1370. The van der Waals surface area contributed by atoms with Crippen molar-refractivity contribution in [2.24, 2.45) is 11.5 Å². The van der Waals surface area contributed by atoms with Gasteiger partial charge in [0.2, 0.25) is 11.7 Å². The fourth-order valence-corrected chi connectivity index (χ4v) is 4.35. The van der Waals surface area contributed by atoms with Crippen LogP contribution < -0.4 is 11.5 Å². The van der Waals surface area contributed by atoms with Crippen LogP contribution in [-0.2, 0) is 27.2 Å². The van der Waals surface area contributed by atoms with Gasteiger partial charge in [-0.3, -0.25) is 9.59 Å². The lowest BCUT2D eigenvalue weighted by Crippen LogP contribution is -2.37. The van der Waals surface area contributed by atoms with E-state index in [-0.39, 0.29) is 18.0 Å². The Labute approximate surface area is 224 Å². The number of H-pyrrole nitrogens is 2. The predicted octanol–water partition coefficient (Wildman–Crippen LogP) is 3.28. The summed E-state index contributed by atoms with van der Waals surface area (Å²) >= 11 is 6.48. The van der Waals surface area contributed by atoms with E-state index < -0.39 is 24.0 Å². The maximum absolute atomic E-state index is 12.8. The second-order valence-electron chi connectivity index (χ2n) is 8.88. The normalized spacial score (nSPS) is 12.7. The molecule has 4 aromatic rings. The van der Waals surface area contributed by atoms with Crippen molar-refractivity contribution in [1.29, 1.82) is 0 Å². The molecule has 198 valence electrons. The highest BCUT2D eigenvalue weighted by Crippen LogP contribution is 2.34. The number of nitrogens with zero attached hydrogens (tertiary/aromatic N) is 4. The Morgan fingerprint density at radius 3 is 2.61 bits per heavy atom. The van der Waals surface area contributed by atoms with Gasteiger partial charge in [0.25, 0.3) is 0 Å². The molecule has 2 aromatic carbocycles. The highest BCUT2D eigenvalue weighted by Gasteiger charge is 2.27. The average molecular weight is 537 g/mol. The number of halogens is 1. The van der Waals surface area contributed by atoms with E-state index in [9.17, 15) is 9.59 Å². The first-order chi connectivity index (χ1) is 18.4. The molecule has 2 aromatic heterocycles. The average Bonchev–Trinajstić information content (AvgIpc) is 3.57. The molecular weight excluding hydrogens is 508 g/mol. The van der Waals surface area contributed by atoms with Gasteiger partial charge in [0.15, 0.2) is 5.15 Å². The summed E-state index contributed by atoms with van der Waals surface area (Å²) in [6, 6.07) is 14.4. The monoisotopic (exact) mass is 536 g/mol. The van der Waals surface area contributed by atoms with Crippen molar-refractivity contribution in [1.82, 2.24) is 30.6 Å². The molecule has 0 saturated heterocycles. The number of imidazole rings is 1. The quantitative estimate of drug-likeness (QED) is 0.199. The van der Waals surface area contributed by atoms with Gasteiger partial charge in [-0.25, -0.2) is 4.98 Å². The van der Waals surface area contributed by atoms with Crippen LogP contribution in [-0.4, -0.2) is 48.5 Å². The van der Waals surface area contributed by atoms with Gasteiger partial charge < -0.3 is 21.2 Å². The van der Waals surface area contributed by atoms with E-state index in [2.05, 4.69) is 37.5 Å². The molecule has 38 heavy (non-hydrogen) atoms. The lowest BCUT2D eigenvalue weighted by atomic mass is 9.95. The molecule has 1 amide bonds. The zero-order valence-electron chi connectivity index (χ0n) is 20.9.